The van der Waals surface area contributed by atoms with Crippen LogP contribution in [0.1, 0.15) is 518 Å². The monoisotopic (exact) mass is 1310 g/mol. The first kappa shape index (κ1) is 113. The van der Waals surface area contributed by atoms with Crippen molar-refractivity contribution in [1.82, 2.24) is 0 Å². The molecule has 0 bridgehead atoms. The Bertz CT molecular complexity index is 1030. The molecule has 92 heavy (non-hydrogen) atoms. The zero-order valence-corrected chi connectivity index (χ0v) is 69.3. The maximum atomic E-state index is 2.39. The molecule has 0 N–H and O–H groups in total. The van der Waals surface area contributed by atoms with E-state index in [-0.39, 0.29) is 22.3 Å². The summed E-state index contributed by atoms with van der Waals surface area (Å²) in [7, 11) is 0. The van der Waals surface area contributed by atoms with Crippen molar-refractivity contribution in [3.63, 3.8) is 0 Å². The van der Waals surface area contributed by atoms with Crippen molar-refractivity contribution < 1.29 is 0 Å². The fourth-order valence-electron chi connectivity index (χ4n) is 14.4. The fraction of sp³-hybridized carbons (Fsp3) is 1.00. The highest BCUT2D eigenvalue weighted by atomic mass is 14.3. The van der Waals surface area contributed by atoms with Crippen LogP contribution in [0.3, 0.4) is 0 Å². The van der Waals surface area contributed by atoms with Gasteiger partial charge < -0.3 is 0 Å². The Balaban J connectivity index is -0.000000105. The predicted octanol–water partition coefficient (Wildman–Crippen LogP) is 36.3. The standard InChI is InChI=1S/C16H32.C14H28.2C13H28.C11H24.2C7H16.C5H12.C3H8.3CH4/c1-5-13-9-14(6-2)11-16(8-4)12-15(7-3)10-13;1-4-12-8-7-9-13(5-2)11-14(6-3)10-12;1-5-12(6-2)10-9-11-13(7-3)8-4;1-5-9-10-13(8-4)11-12(6-2)7-3;1-5-10(6-2)9-11(7-3)8-4;1-4-7(5-2)6-3;1-3-5-7-6-4-2;1-3-5-4-2;1-3-2;;;/h13-16H,5-12H2,1-4H3;12-14H,4-11H2,1-3H3;2*12-13H,5-11H2,1-4H3;10-11H,5-9H2,1-4H3;7H,4-6H2,1-3H3;3-7H2,1-2H3;3-5H2,1-2H3;3H2,1-2H3;3*1H4. The number of rotatable bonds is 38. The van der Waals surface area contributed by atoms with Gasteiger partial charge in [-0.1, -0.05) is 467 Å². The predicted molar refractivity (Wildman–Crippen MR) is 445 cm³/mol. The van der Waals surface area contributed by atoms with Gasteiger partial charge in [-0.15, -0.1) is 0 Å². The molecule has 2 saturated carbocycles. The molecule has 0 aromatic heterocycles. The van der Waals surface area contributed by atoms with Gasteiger partial charge in [-0.05, 0) is 134 Å². The summed E-state index contributed by atoms with van der Waals surface area (Å²) < 4.78 is 0. The normalized spacial score (nSPS) is 18.8. The molecule has 0 heteroatoms. The Morgan fingerprint density at radius 3 is 0.598 bits per heavy atom. The molecule has 2 fully saturated rings. The van der Waals surface area contributed by atoms with Crippen LogP contribution in [0.2, 0.25) is 0 Å². The van der Waals surface area contributed by atoms with Gasteiger partial charge in [0.1, 0.15) is 0 Å². The fourth-order valence-corrected chi connectivity index (χ4v) is 14.4. The molecular formula is C92H204. The summed E-state index contributed by atoms with van der Waals surface area (Å²) in [4.78, 5) is 0. The molecule has 0 saturated heterocycles. The Morgan fingerprint density at radius 2 is 0.413 bits per heavy atom. The third-order valence-electron chi connectivity index (χ3n) is 22.8. The summed E-state index contributed by atoms with van der Waals surface area (Å²) >= 11 is 0. The first-order valence-electron chi connectivity index (χ1n) is 42.9. The van der Waals surface area contributed by atoms with Gasteiger partial charge >= 0.3 is 0 Å². The number of hydrogen-bond donors (Lipinski definition) is 0. The lowest BCUT2D eigenvalue weighted by Crippen LogP contribution is -2.21. The third-order valence-corrected chi connectivity index (χ3v) is 22.8. The van der Waals surface area contributed by atoms with Crippen molar-refractivity contribution in [3.8, 4) is 0 Å². The van der Waals surface area contributed by atoms with E-state index in [9.17, 15) is 0 Å². The Hall–Kier alpha value is 0. The van der Waals surface area contributed by atoms with Crippen molar-refractivity contribution in [2.24, 2.45) is 82.9 Å². The largest absolute Gasteiger partial charge is 0.0776 e. The van der Waals surface area contributed by atoms with Crippen LogP contribution in [-0.2, 0) is 0 Å². The minimum Gasteiger partial charge on any atom is -0.0776 e. The van der Waals surface area contributed by atoms with Crippen LogP contribution in [0, 0.1) is 82.9 Å². The second-order valence-electron chi connectivity index (χ2n) is 29.7. The van der Waals surface area contributed by atoms with Crippen LogP contribution in [0.4, 0.5) is 0 Å². The van der Waals surface area contributed by atoms with Gasteiger partial charge in [0.25, 0.3) is 0 Å². The molecule has 0 amide bonds. The Labute approximate surface area is 597 Å². The Morgan fingerprint density at radius 1 is 0.207 bits per heavy atom. The van der Waals surface area contributed by atoms with E-state index in [2.05, 4.69) is 194 Å². The first-order chi connectivity index (χ1) is 42.9. The highest BCUT2D eigenvalue weighted by Gasteiger charge is 2.26. The molecule has 0 aliphatic heterocycles. The van der Waals surface area contributed by atoms with Crippen LogP contribution >= 0.6 is 0 Å². The zero-order valence-electron chi connectivity index (χ0n) is 69.3. The minimum atomic E-state index is 0. The molecule has 0 radical (unpaired) electrons. The van der Waals surface area contributed by atoms with E-state index < -0.39 is 0 Å². The molecule has 2 aliphatic carbocycles. The van der Waals surface area contributed by atoms with Crippen LogP contribution < -0.4 is 0 Å². The smallest absolute Gasteiger partial charge is 0.0412 e. The van der Waals surface area contributed by atoms with E-state index >= 15 is 0 Å². The molecule has 0 spiro atoms. The maximum Gasteiger partial charge on any atom is -0.0412 e. The second kappa shape index (κ2) is 93.1. The second-order valence-corrected chi connectivity index (χ2v) is 29.7. The van der Waals surface area contributed by atoms with Gasteiger partial charge in [0.15, 0.2) is 0 Å². The molecule has 3 unspecified atom stereocenters. The van der Waals surface area contributed by atoms with Gasteiger partial charge in [0, 0.05) is 0 Å². The third kappa shape index (κ3) is 77.4. The zero-order chi connectivity index (χ0) is 69.3. The lowest BCUT2D eigenvalue weighted by molar-refractivity contribution is 0.183. The molecule has 572 valence electrons. The molecule has 0 aromatic rings. The van der Waals surface area contributed by atoms with Crippen LogP contribution in [0.15, 0.2) is 0 Å². The van der Waals surface area contributed by atoms with Crippen molar-refractivity contribution in [2.45, 2.75) is 518 Å². The van der Waals surface area contributed by atoms with Crippen molar-refractivity contribution in [3.05, 3.63) is 0 Å². The maximum absolute atomic E-state index is 2.39. The Kier molecular flexibility index (Phi) is 115. The van der Waals surface area contributed by atoms with E-state index in [4.69, 9.17) is 0 Å². The molecule has 0 nitrogen and oxygen atoms in total. The van der Waals surface area contributed by atoms with E-state index in [0.29, 0.717) is 0 Å². The summed E-state index contributed by atoms with van der Waals surface area (Å²) in [5.74, 6) is 14.1. The van der Waals surface area contributed by atoms with E-state index in [1.54, 1.807) is 0 Å². The summed E-state index contributed by atoms with van der Waals surface area (Å²) in [5, 5.41) is 0. The first-order valence-corrected chi connectivity index (χ1v) is 42.9. The summed E-state index contributed by atoms with van der Waals surface area (Å²) in [6.45, 7) is 64.5. The molecule has 2 aliphatic rings. The summed E-state index contributed by atoms with van der Waals surface area (Å²) in [5.41, 5.74) is 0. The van der Waals surface area contributed by atoms with Gasteiger partial charge in [0.2, 0.25) is 0 Å². The van der Waals surface area contributed by atoms with Crippen molar-refractivity contribution >= 4 is 0 Å². The molecule has 2 rings (SSSR count). The van der Waals surface area contributed by atoms with E-state index in [1.807, 2.05) is 0 Å². The van der Waals surface area contributed by atoms with Crippen LogP contribution in [-0.4, -0.2) is 0 Å². The number of hydrogen-bond acceptors (Lipinski definition) is 0. The molecular weight excluding hydrogens is 1110 g/mol. The van der Waals surface area contributed by atoms with Crippen LogP contribution in [0.5, 0.6) is 0 Å². The lowest BCUT2D eigenvalue weighted by atomic mass is 9.72. The van der Waals surface area contributed by atoms with Gasteiger partial charge in [0.05, 0.1) is 0 Å². The summed E-state index contributed by atoms with van der Waals surface area (Å²) in [6, 6.07) is 0. The highest BCUT2D eigenvalue weighted by Crippen LogP contribution is 2.39. The minimum absolute atomic E-state index is 0. The summed E-state index contributed by atoms with van der Waals surface area (Å²) in [6.07, 6.45) is 66.5. The molecule has 0 heterocycles. The van der Waals surface area contributed by atoms with Crippen molar-refractivity contribution in [1.29, 1.82) is 0 Å². The average Bonchev–Trinajstić information content (AvgIpc) is 1.94. The van der Waals surface area contributed by atoms with E-state index in [1.165, 1.54) is 302 Å². The van der Waals surface area contributed by atoms with Crippen LogP contribution in [0.25, 0.3) is 0 Å². The lowest BCUT2D eigenvalue weighted by Gasteiger charge is -2.33. The van der Waals surface area contributed by atoms with Gasteiger partial charge in [-0.3, -0.25) is 0 Å². The topological polar surface area (TPSA) is 0 Å². The van der Waals surface area contributed by atoms with Gasteiger partial charge in [-0.25, -0.2) is 0 Å². The SMILES string of the molecule is C.C.C.CCC.CCC(CC)CC.CCC(CC)CC(CC)CC.CCC(CC)CCCC(CC)CC.CCC1CC(CC)CC(CC)CC(CC)C1.CCC1CCCC(CC)CC(CC)C1.CCCCC.CCCCC(CC)CC(CC)CC.CCCCCCC. The van der Waals surface area contributed by atoms with Gasteiger partial charge in [-0.2, -0.15) is 0 Å². The number of unbranched alkanes of at least 4 members (excludes halogenated alkanes) is 7. The molecule has 3 atom stereocenters. The highest BCUT2D eigenvalue weighted by molar-refractivity contribution is 4.78. The molecule has 0 aromatic carbocycles. The van der Waals surface area contributed by atoms with Crippen molar-refractivity contribution in [2.75, 3.05) is 0 Å². The van der Waals surface area contributed by atoms with E-state index in [0.717, 1.165) is 82.9 Å². The average molecular weight is 1310 g/mol. The quantitative estimate of drug-likeness (QED) is 0.0541.